The summed E-state index contributed by atoms with van der Waals surface area (Å²) in [5.74, 6) is -1.14. The quantitative estimate of drug-likeness (QED) is 0.712. The molecule has 1 N–H and O–H groups in total. The Hall–Kier alpha value is -0.230. The van der Waals surface area contributed by atoms with Crippen molar-refractivity contribution in [3.8, 4) is 0 Å². The van der Waals surface area contributed by atoms with Crippen molar-refractivity contribution in [1.29, 1.82) is 0 Å². The lowest BCUT2D eigenvalue weighted by Gasteiger charge is -2.22. The Morgan fingerprint density at radius 3 is 2.64 bits per heavy atom. The molecule has 2 rings (SSSR count). The number of hydrogen-bond acceptors (Lipinski definition) is 4. The van der Waals surface area contributed by atoms with Crippen molar-refractivity contribution in [3.63, 3.8) is 0 Å². The predicted molar refractivity (Wildman–Crippen MR) is 45.2 cm³/mol. The third-order valence-electron chi connectivity index (χ3n) is 2.65. The van der Waals surface area contributed by atoms with Gasteiger partial charge in [-0.15, -0.1) is 0 Å². The minimum absolute atomic E-state index is 0.200. The highest BCUT2D eigenvalue weighted by Crippen LogP contribution is 2.40. The molecule has 2 fully saturated rings. The summed E-state index contributed by atoms with van der Waals surface area (Å²) >= 11 is 0. The molecule has 4 nitrogen and oxygen atoms in total. The van der Waals surface area contributed by atoms with Crippen molar-refractivity contribution in [1.82, 2.24) is 0 Å². The maximum atomic E-state index is 12.7. The van der Waals surface area contributed by atoms with Gasteiger partial charge in [0.2, 0.25) is 0 Å². The second-order valence-electron chi connectivity index (χ2n) is 4.14. The standard InChI is InChI=1S/C9H15FO4/c1-9(2)13-7-5(3-10)6(4-11)12-8(7)14-9/h5-8,11H,3-4H2,1-2H3/t5-,6-,7-,8-/m1/s1. The summed E-state index contributed by atoms with van der Waals surface area (Å²) in [4.78, 5) is 0. The van der Waals surface area contributed by atoms with Crippen LogP contribution in [0, 0.1) is 5.92 Å². The number of hydrogen-bond donors (Lipinski definition) is 1. The monoisotopic (exact) mass is 206 g/mol. The van der Waals surface area contributed by atoms with Gasteiger partial charge in [-0.2, -0.15) is 0 Å². The first kappa shape index (κ1) is 10.3. The number of alkyl halides is 1. The Kier molecular flexibility index (Phi) is 2.51. The van der Waals surface area contributed by atoms with E-state index < -0.39 is 36.9 Å². The molecule has 2 aliphatic heterocycles. The Labute approximate surface area is 81.9 Å². The van der Waals surface area contributed by atoms with Crippen LogP contribution < -0.4 is 0 Å². The largest absolute Gasteiger partial charge is 0.394 e. The Morgan fingerprint density at radius 1 is 1.36 bits per heavy atom. The second-order valence-corrected chi connectivity index (χ2v) is 4.14. The van der Waals surface area contributed by atoms with E-state index in [2.05, 4.69) is 0 Å². The molecule has 2 saturated heterocycles. The van der Waals surface area contributed by atoms with Crippen molar-refractivity contribution >= 4 is 0 Å². The topological polar surface area (TPSA) is 47.9 Å². The van der Waals surface area contributed by atoms with Crippen LogP contribution in [0.3, 0.4) is 0 Å². The zero-order valence-electron chi connectivity index (χ0n) is 8.27. The van der Waals surface area contributed by atoms with Gasteiger partial charge in [0.1, 0.15) is 6.10 Å². The van der Waals surface area contributed by atoms with E-state index in [0.29, 0.717) is 0 Å². The first-order valence-corrected chi connectivity index (χ1v) is 4.75. The summed E-state index contributed by atoms with van der Waals surface area (Å²) in [7, 11) is 0. The zero-order chi connectivity index (χ0) is 10.3. The molecule has 0 aliphatic carbocycles. The molecular weight excluding hydrogens is 191 g/mol. The molecule has 0 bridgehead atoms. The van der Waals surface area contributed by atoms with Gasteiger partial charge in [-0.1, -0.05) is 0 Å². The maximum absolute atomic E-state index is 12.7. The smallest absolute Gasteiger partial charge is 0.188 e. The van der Waals surface area contributed by atoms with Crippen molar-refractivity contribution in [2.75, 3.05) is 13.3 Å². The number of aliphatic hydroxyl groups excluding tert-OH is 1. The Morgan fingerprint density at radius 2 is 2.07 bits per heavy atom. The normalized spacial score (nSPS) is 45.4. The van der Waals surface area contributed by atoms with E-state index >= 15 is 0 Å². The molecule has 0 aromatic heterocycles. The van der Waals surface area contributed by atoms with E-state index in [1.54, 1.807) is 13.8 Å². The molecule has 0 saturated carbocycles. The number of aliphatic hydroxyl groups is 1. The molecule has 0 aromatic carbocycles. The van der Waals surface area contributed by atoms with Gasteiger partial charge in [0, 0.05) is 5.92 Å². The summed E-state index contributed by atoms with van der Waals surface area (Å²) in [6, 6.07) is 0. The van der Waals surface area contributed by atoms with Crippen LogP contribution in [-0.4, -0.2) is 42.7 Å². The van der Waals surface area contributed by atoms with E-state index in [4.69, 9.17) is 19.3 Å². The highest BCUT2D eigenvalue weighted by Gasteiger charge is 2.54. The summed E-state index contributed by atoms with van der Waals surface area (Å²) in [6.07, 6.45) is -1.44. The lowest BCUT2D eigenvalue weighted by Crippen LogP contribution is -2.33. The first-order chi connectivity index (χ1) is 6.57. The van der Waals surface area contributed by atoms with Crippen LogP contribution in [0.5, 0.6) is 0 Å². The molecule has 82 valence electrons. The Bertz CT molecular complexity index is 221. The number of rotatable bonds is 2. The van der Waals surface area contributed by atoms with Crippen LogP contribution in [0.15, 0.2) is 0 Å². The summed E-state index contributed by atoms with van der Waals surface area (Å²) in [5, 5.41) is 8.95. The minimum atomic E-state index is -0.719. The average molecular weight is 206 g/mol. The number of halogens is 1. The van der Waals surface area contributed by atoms with Gasteiger partial charge < -0.3 is 19.3 Å². The average Bonchev–Trinajstić information content (AvgIpc) is 2.55. The van der Waals surface area contributed by atoms with Gasteiger partial charge in [0.25, 0.3) is 0 Å². The summed E-state index contributed by atoms with van der Waals surface area (Å²) < 4.78 is 29.0. The molecule has 14 heavy (non-hydrogen) atoms. The number of fused-ring (bicyclic) bond motifs is 1. The fourth-order valence-electron chi connectivity index (χ4n) is 2.00. The number of ether oxygens (including phenoxy) is 3. The predicted octanol–water partition coefficient (Wildman–Crippen LogP) is 0.441. The molecule has 0 unspecified atom stereocenters. The van der Waals surface area contributed by atoms with E-state index in [9.17, 15) is 4.39 Å². The summed E-state index contributed by atoms with van der Waals surface area (Å²) in [5.41, 5.74) is 0. The molecule has 0 aromatic rings. The SMILES string of the molecule is CC1(C)O[C@H]2O[C@H](CO)[C@@H](CF)[C@H]2O1. The van der Waals surface area contributed by atoms with Crippen molar-refractivity contribution in [2.24, 2.45) is 5.92 Å². The third kappa shape index (κ3) is 1.54. The van der Waals surface area contributed by atoms with Gasteiger partial charge in [-0.05, 0) is 13.8 Å². The molecule has 0 spiro atoms. The third-order valence-corrected chi connectivity index (χ3v) is 2.65. The van der Waals surface area contributed by atoms with Crippen LogP contribution in [0.25, 0.3) is 0 Å². The van der Waals surface area contributed by atoms with Crippen molar-refractivity contribution in [3.05, 3.63) is 0 Å². The van der Waals surface area contributed by atoms with Gasteiger partial charge in [-0.25, -0.2) is 0 Å². The van der Waals surface area contributed by atoms with E-state index in [1.165, 1.54) is 0 Å². The van der Waals surface area contributed by atoms with Gasteiger partial charge in [-0.3, -0.25) is 4.39 Å². The van der Waals surface area contributed by atoms with Gasteiger partial charge >= 0.3 is 0 Å². The Balaban J connectivity index is 2.09. The van der Waals surface area contributed by atoms with E-state index in [1.807, 2.05) is 0 Å². The molecule has 0 amide bonds. The maximum Gasteiger partial charge on any atom is 0.188 e. The molecular formula is C9H15FO4. The molecule has 5 heteroatoms. The molecule has 0 radical (unpaired) electrons. The highest BCUT2D eigenvalue weighted by atomic mass is 19.1. The lowest BCUT2D eigenvalue weighted by atomic mass is 10.0. The van der Waals surface area contributed by atoms with E-state index in [-0.39, 0.29) is 6.61 Å². The molecule has 2 aliphatic rings. The molecule has 4 atom stereocenters. The minimum Gasteiger partial charge on any atom is -0.394 e. The fraction of sp³-hybridized carbons (Fsp3) is 1.00. The van der Waals surface area contributed by atoms with Crippen molar-refractivity contribution in [2.45, 2.75) is 38.1 Å². The second kappa shape index (κ2) is 3.41. The van der Waals surface area contributed by atoms with Crippen LogP contribution in [0.4, 0.5) is 4.39 Å². The highest BCUT2D eigenvalue weighted by molar-refractivity contribution is 4.92. The van der Waals surface area contributed by atoms with E-state index in [0.717, 1.165) is 0 Å². The van der Waals surface area contributed by atoms with Crippen LogP contribution >= 0.6 is 0 Å². The van der Waals surface area contributed by atoms with Crippen LogP contribution in [0.1, 0.15) is 13.8 Å². The zero-order valence-corrected chi connectivity index (χ0v) is 8.27. The molecule has 2 heterocycles. The van der Waals surface area contributed by atoms with Gasteiger partial charge in [0.15, 0.2) is 12.1 Å². The lowest BCUT2D eigenvalue weighted by molar-refractivity contribution is -0.213. The fourth-order valence-corrected chi connectivity index (χ4v) is 2.00. The summed E-state index contributed by atoms with van der Waals surface area (Å²) in [6.45, 7) is 2.76. The van der Waals surface area contributed by atoms with Crippen LogP contribution in [-0.2, 0) is 14.2 Å². The van der Waals surface area contributed by atoms with Gasteiger partial charge in [0.05, 0.1) is 19.4 Å². The van der Waals surface area contributed by atoms with Crippen molar-refractivity contribution < 1.29 is 23.7 Å². The first-order valence-electron chi connectivity index (χ1n) is 4.75. The van der Waals surface area contributed by atoms with Crippen LogP contribution in [0.2, 0.25) is 0 Å².